The molecule has 8 heteroatoms. The predicted octanol–water partition coefficient (Wildman–Crippen LogP) is 2.71. The SMILES string of the molecule is CCN1c2ccccc2C(=O)NC1COc1ccc(Cc2sc(=O)[nH]c2O)cc1. The standard InChI is InChI=1S/C21H21N3O4S/c1-2-24-16-6-4-3-5-15(16)19(25)22-18(24)12-28-14-9-7-13(8-10-14)11-17-20(26)23-21(27)29-17/h3-10,18,26H,2,11-12H2,1H3,(H,22,25)(H,23,27). The highest BCUT2D eigenvalue weighted by atomic mass is 32.1. The summed E-state index contributed by atoms with van der Waals surface area (Å²) >= 11 is 1.00. The maximum Gasteiger partial charge on any atom is 0.307 e. The van der Waals surface area contributed by atoms with Crippen LogP contribution >= 0.6 is 11.3 Å². The van der Waals surface area contributed by atoms with Crippen molar-refractivity contribution in [1.82, 2.24) is 10.3 Å². The molecule has 4 rings (SSSR count). The maximum absolute atomic E-state index is 12.4. The number of para-hydroxylation sites is 1. The van der Waals surface area contributed by atoms with Crippen molar-refractivity contribution in [2.75, 3.05) is 18.1 Å². The van der Waals surface area contributed by atoms with Crippen LogP contribution in [0.4, 0.5) is 5.69 Å². The van der Waals surface area contributed by atoms with Crippen LogP contribution < -0.4 is 19.8 Å². The summed E-state index contributed by atoms with van der Waals surface area (Å²) in [6.07, 6.45) is 0.213. The molecular formula is C21H21N3O4S. The van der Waals surface area contributed by atoms with Crippen molar-refractivity contribution in [2.45, 2.75) is 19.5 Å². The normalized spacial score (nSPS) is 15.7. The van der Waals surface area contributed by atoms with E-state index in [-0.39, 0.29) is 22.8 Å². The van der Waals surface area contributed by atoms with Crippen LogP contribution in [0.1, 0.15) is 27.7 Å². The number of aromatic hydroxyl groups is 1. The van der Waals surface area contributed by atoms with E-state index in [9.17, 15) is 14.7 Å². The lowest BCUT2D eigenvalue weighted by Crippen LogP contribution is -2.55. The smallest absolute Gasteiger partial charge is 0.307 e. The van der Waals surface area contributed by atoms with Crippen molar-refractivity contribution < 1.29 is 14.6 Å². The number of aromatic nitrogens is 1. The van der Waals surface area contributed by atoms with Gasteiger partial charge in [-0.25, -0.2) is 0 Å². The van der Waals surface area contributed by atoms with E-state index in [0.717, 1.165) is 29.1 Å². The molecule has 1 atom stereocenters. The Bertz CT molecular complexity index is 1070. The summed E-state index contributed by atoms with van der Waals surface area (Å²) in [4.78, 5) is 28.5. The number of amides is 1. The maximum atomic E-state index is 12.4. The Balaban J connectivity index is 1.42. The van der Waals surface area contributed by atoms with Gasteiger partial charge in [-0.1, -0.05) is 35.6 Å². The molecule has 1 aliphatic heterocycles. The molecule has 3 aromatic rings. The van der Waals surface area contributed by atoms with Crippen molar-refractivity contribution in [3.63, 3.8) is 0 Å². The van der Waals surface area contributed by atoms with Crippen LogP contribution in [-0.2, 0) is 6.42 Å². The number of fused-ring (bicyclic) bond motifs is 1. The molecule has 0 bridgehead atoms. The molecule has 0 spiro atoms. The Morgan fingerprint density at radius 3 is 2.59 bits per heavy atom. The number of anilines is 1. The van der Waals surface area contributed by atoms with Crippen LogP contribution in [0.2, 0.25) is 0 Å². The number of carbonyl (C=O) groups excluding carboxylic acids is 1. The van der Waals surface area contributed by atoms with Crippen molar-refractivity contribution in [2.24, 2.45) is 0 Å². The van der Waals surface area contributed by atoms with Gasteiger partial charge in [-0.3, -0.25) is 14.6 Å². The third kappa shape index (κ3) is 3.97. The van der Waals surface area contributed by atoms with Gasteiger partial charge in [0.25, 0.3) is 5.91 Å². The Hall–Kier alpha value is -3.26. The third-order valence-corrected chi connectivity index (χ3v) is 5.74. The van der Waals surface area contributed by atoms with E-state index in [1.807, 2.05) is 55.5 Å². The van der Waals surface area contributed by atoms with Gasteiger partial charge >= 0.3 is 4.87 Å². The fourth-order valence-corrected chi connectivity index (χ4v) is 4.21. The van der Waals surface area contributed by atoms with E-state index in [4.69, 9.17) is 4.74 Å². The summed E-state index contributed by atoms with van der Waals surface area (Å²) in [6, 6.07) is 15.0. The number of thiazole rings is 1. The monoisotopic (exact) mass is 411 g/mol. The zero-order chi connectivity index (χ0) is 20.4. The number of benzene rings is 2. The van der Waals surface area contributed by atoms with Crippen LogP contribution in [0.15, 0.2) is 53.3 Å². The van der Waals surface area contributed by atoms with Crippen LogP contribution in [0.5, 0.6) is 11.6 Å². The van der Waals surface area contributed by atoms with Gasteiger partial charge in [0.05, 0.1) is 16.1 Å². The summed E-state index contributed by atoms with van der Waals surface area (Å²) < 4.78 is 5.91. The molecule has 1 unspecified atom stereocenters. The Labute approximate surface area is 171 Å². The van der Waals surface area contributed by atoms with Crippen LogP contribution in [0.3, 0.4) is 0 Å². The minimum Gasteiger partial charge on any atom is -0.494 e. The first-order chi connectivity index (χ1) is 14.0. The minimum atomic E-state index is -0.269. The first-order valence-corrected chi connectivity index (χ1v) is 10.2. The number of hydrogen-bond acceptors (Lipinski definition) is 6. The molecule has 0 fully saturated rings. The van der Waals surface area contributed by atoms with Crippen molar-refractivity contribution >= 4 is 22.9 Å². The van der Waals surface area contributed by atoms with Gasteiger partial charge < -0.3 is 20.1 Å². The quantitative estimate of drug-likeness (QED) is 0.580. The number of H-pyrrole nitrogens is 1. The van der Waals surface area contributed by atoms with E-state index in [1.54, 1.807) is 0 Å². The predicted molar refractivity (Wildman–Crippen MR) is 112 cm³/mol. The number of rotatable bonds is 6. The van der Waals surface area contributed by atoms with Crippen LogP contribution in [0.25, 0.3) is 0 Å². The zero-order valence-corrected chi connectivity index (χ0v) is 16.7. The molecule has 0 aliphatic carbocycles. The molecule has 0 saturated heterocycles. The number of hydrogen-bond donors (Lipinski definition) is 3. The molecule has 2 aromatic carbocycles. The second-order valence-corrected chi connectivity index (χ2v) is 7.78. The van der Waals surface area contributed by atoms with Gasteiger partial charge in [-0.05, 0) is 36.8 Å². The molecule has 0 radical (unpaired) electrons. The van der Waals surface area contributed by atoms with Gasteiger partial charge in [0.1, 0.15) is 18.5 Å². The number of aromatic amines is 1. The fourth-order valence-electron chi connectivity index (χ4n) is 3.45. The van der Waals surface area contributed by atoms with Gasteiger partial charge in [0, 0.05) is 13.0 Å². The Morgan fingerprint density at radius 2 is 1.90 bits per heavy atom. The topological polar surface area (TPSA) is 94.7 Å². The van der Waals surface area contributed by atoms with Gasteiger partial charge in [0.2, 0.25) is 5.88 Å². The third-order valence-electron chi connectivity index (χ3n) is 4.87. The molecular weight excluding hydrogens is 390 g/mol. The van der Waals surface area contributed by atoms with E-state index in [0.29, 0.717) is 29.2 Å². The van der Waals surface area contributed by atoms with E-state index >= 15 is 0 Å². The number of carbonyl (C=O) groups is 1. The van der Waals surface area contributed by atoms with Crippen molar-refractivity contribution in [1.29, 1.82) is 0 Å². The van der Waals surface area contributed by atoms with E-state index in [1.165, 1.54) is 0 Å². The summed E-state index contributed by atoms with van der Waals surface area (Å²) in [5, 5.41) is 12.7. The van der Waals surface area contributed by atoms with Gasteiger partial charge in [0.15, 0.2) is 0 Å². The van der Waals surface area contributed by atoms with Crippen LogP contribution in [-0.4, -0.2) is 35.3 Å². The molecule has 3 N–H and O–H groups in total. The summed E-state index contributed by atoms with van der Waals surface area (Å²) in [7, 11) is 0. The number of nitrogens with one attached hydrogen (secondary N) is 2. The average Bonchev–Trinajstić information content (AvgIpc) is 3.04. The molecule has 2 heterocycles. The molecule has 1 aromatic heterocycles. The number of ether oxygens (including phenoxy) is 1. The average molecular weight is 411 g/mol. The largest absolute Gasteiger partial charge is 0.494 e. The summed E-state index contributed by atoms with van der Waals surface area (Å²) in [5.41, 5.74) is 2.54. The molecule has 0 saturated carbocycles. The lowest BCUT2D eigenvalue weighted by Gasteiger charge is -2.38. The molecule has 1 aliphatic rings. The van der Waals surface area contributed by atoms with E-state index < -0.39 is 0 Å². The van der Waals surface area contributed by atoms with E-state index in [2.05, 4.69) is 15.2 Å². The highest BCUT2D eigenvalue weighted by Gasteiger charge is 2.29. The first kappa shape index (κ1) is 19.1. The van der Waals surface area contributed by atoms with Crippen molar-refractivity contribution in [3.05, 3.63) is 74.2 Å². The number of nitrogens with zero attached hydrogens (tertiary/aromatic N) is 1. The highest BCUT2D eigenvalue weighted by molar-refractivity contribution is 7.09. The van der Waals surface area contributed by atoms with Gasteiger partial charge in [-0.15, -0.1) is 0 Å². The molecule has 150 valence electrons. The molecule has 7 nitrogen and oxygen atoms in total. The van der Waals surface area contributed by atoms with Crippen LogP contribution in [0, 0.1) is 0 Å². The van der Waals surface area contributed by atoms with Gasteiger partial charge in [-0.2, -0.15) is 0 Å². The minimum absolute atomic E-state index is 0.0756. The lowest BCUT2D eigenvalue weighted by atomic mass is 10.1. The fraction of sp³-hybridized carbons (Fsp3) is 0.238. The summed E-state index contributed by atoms with van der Waals surface area (Å²) in [5.74, 6) is 0.511. The Kier molecular flexibility index (Phi) is 5.26. The molecule has 29 heavy (non-hydrogen) atoms. The first-order valence-electron chi connectivity index (χ1n) is 9.34. The van der Waals surface area contributed by atoms with Crippen molar-refractivity contribution in [3.8, 4) is 11.6 Å². The summed E-state index contributed by atoms with van der Waals surface area (Å²) in [6.45, 7) is 3.10. The Morgan fingerprint density at radius 1 is 1.14 bits per heavy atom. The number of likely N-dealkylation sites (N-methyl/N-ethyl adjacent to an activating group) is 1. The highest BCUT2D eigenvalue weighted by Crippen LogP contribution is 2.26. The zero-order valence-electron chi connectivity index (χ0n) is 15.8. The lowest BCUT2D eigenvalue weighted by molar-refractivity contribution is 0.0909. The molecule has 1 amide bonds. The second-order valence-electron chi connectivity index (χ2n) is 6.71. The second kappa shape index (κ2) is 8.00.